The van der Waals surface area contributed by atoms with Crippen LogP contribution in [0, 0.1) is 0 Å². The molecule has 1 amide bonds. The molecule has 4 nitrogen and oxygen atoms in total. The predicted molar refractivity (Wildman–Crippen MR) is 72.6 cm³/mol. The molecule has 1 aliphatic rings. The van der Waals surface area contributed by atoms with E-state index in [0.29, 0.717) is 5.84 Å². The lowest BCUT2D eigenvalue weighted by Gasteiger charge is -2.06. The Kier molecular flexibility index (Phi) is 2.98. The standard InChI is InChI=1S/C15H11N3O/c19-15-13(11-7-3-1-4-8-11)14(17-18-15)16-12-9-5-2-6-10-12/h1-10,13H. The van der Waals surface area contributed by atoms with Crippen molar-refractivity contribution in [3.63, 3.8) is 0 Å². The van der Waals surface area contributed by atoms with Crippen molar-refractivity contribution in [2.75, 3.05) is 0 Å². The maximum absolute atomic E-state index is 11.8. The van der Waals surface area contributed by atoms with Crippen LogP contribution in [0.2, 0.25) is 0 Å². The number of hydrogen-bond acceptors (Lipinski definition) is 2. The molecule has 3 rings (SSSR count). The van der Waals surface area contributed by atoms with Gasteiger partial charge in [-0.15, -0.1) is 10.2 Å². The van der Waals surface area contributed by atoms with Crippen LogP contribution in [0.4, 0.5) is 5.69 Å². The minimum Gasteiger partial charge on any atom is -0.270 e. The number of aliphatic imine (C=N–C) groups is 1. The lowest BCUT2D eigenvalue weighted by atomic mass is 9.98. The summed E-state index contributed by atoms with van der Waals surface area (Å²) < 4.78 is 0. The Balaban J connectivity index is 2.00. The highest BCUT2D eigenvalue weighted by atomic mass is 16.2. The zero-order chi connectivity index (χ0) is 13.1. The first-order chi connectivity index (χ1) is 9.34. The van der Waals surface area contributed by atoms with E-state index in [-0.39, 0.29) is 5.91 Å². The number of amidine groups is 1. The summed E-state index contributed by atoms with van der Waals surface area (Å²) >= 11 is 0. The summed E-state index contributed by atoms with van der Waals surface area (Å²) in [4.78, 5) is 16.2. The van der Waals surface area contributed by atoms with Gasteiger partial charge in [-0.3, -0.25) is 4.79 Å². The van der Waals surface area contributed by atoms with Crippen LogP contribution in [-0.4, -0.2) is 11.7 Å². The van der Waals surface area contributed by atoms with Gasteiger partial charge in [0.1, 0.15) is 5.92 Å². The van der Waals surface area contributed by atoms with Crippen molar-refractivity contribution in [1.29, 1.82) is 0 Å². The number of carbonyl (C=O) groups is 1. The first kappa shape index (κ1) is 11.5. The molecular weight excluding hydrogens is 238 g/mol. The molecule has 0 aromatic heterocycles. The predicted octanol–water partition coefficient (Wildman–Crippen LogP) is 3.49. The molecule has 0 spiro atoms. The number of benzene rings is 2. The zero-order valence-electron chi connectivity index (χ0n) is 10.1. The number of azo groups is 1. The number of nitrogens with zero attached hydrogens (tertiary/aromatic N) is 3. The average molecular weight is 249 g/mol. The Morgan fingerprint density at radius 1 is 0.842 bits per heavy atom. The fourth-order valence-electron chi connectivity index (χ4n) is 1.99. The third-order valence-corrected chi connectivity index (χ3v) is 2.89. The van der Waals surface area contributed by atoms with Crippen LogP contribution >= 0.6 is 0 Å². The minimum absolute atomic E-state index is 0.263. The normalized spacial score (nSPS) is 20.1. The number of para-hydroxylation sites is 1. The van der Waals surface area contributed by atoms with Crippen molar-refractivity contribution in [2.24, 2.45) is 15.2 Å². The van der Waals surface area contributed by atoms with E-state index in [1.807, 2.05) is 60.7 Å². The van der Waals surface area contributed by atoms with Crippen molar-refractivity contribution >= 4 is 17.4 Å². The van der Waals surface area contributed by atoms with Crippen LogP contribution in [0.15, 0.2) is 75.9 Å². The molecule has 1 heterocycles. The van der Waals surface area contributed by atoms with Crippen LogP contribution in [-0.2, 0) is 4.79 Å². The SMILES string of the molecule is O=C1N=NC(=Nc2ccccc2)C1c1ccccc1. The molecule has 0 aliphatic carbocycles. The summed E-state index contributed by atoms with van der Waals surface area (Å²) in [5.74, 6) is -0.301. The molecule has 0 radical (unpaired) electrons. The molecule has 1 atom stereocenters. The summed E-state index contributed by atoms with van der Waals surface area (Å²) in [6.07, 6.45) is 0. The first-order valence-electron chi connectivity index (χ1n) is 5.99. The molecule has 19 heavy (non-hydrogen) atoms. The van der Waals surface area contributed by atoms with Crippen molar-refractivity contribution < 1.29 is 4.79 Å². The molecule has 92 valence electrons. The number of rotatable bonds is 2. The van der Waals surface area contributed by atoms with Gasteiger partial charge in [0.15, 0.2) is 5.84 Å². The van der Waals surface area contributed by atoms with Gasteiger partial charge in [-0.2, -0.15) is 0 Å². The molecular formula is C15H11N3O. The molecule has 0 saturated heterocycles. The Morgan fingerprint density at radius 3 is 2.16 bits per heavy atom. The van der Waals surface area contributed by atoms with Gasteiger partial charge in [0.2, 0.25) is 0 Å². The lowest BCUT2D eigenvalue weighted by molar-refractivity contribution is -0.117. The van der Waals surface area contributed by atoms with Crippen molar-refractivity contribution in [3.8, 4) is 0 Å². The minimum atomic E-state index is -0.485. The Bertz CT molecular complexity index is 648. The van der Waals surface area contributed by atoms with Crippen LogP contribution in [0.25, 0.3) is 0 Å². The first-order valence-corrected chi connectivity index (χ1v) is 5.99. The summed E-state index contributed by atoms with van der Waals surface area (Å²) in [5, 5.41) is 7.52. The average Bonchev–Trinajstić information content (AvgIpc) is 2.82. The third-order valence-electron chi connectivity index (χ3n) is 2.89. The van der Waals surface area contributed by atoms with E-state index in [4.69, 9.17) is 0 Å². The van der Waals surface area contributed by atoms with Gasteiger partial charge in [0.05, 0.1) is 5.69 Å². The fraction of sp³-hybridized carbons (Fsp3) is 0.0667. The molecule has 1 unspecified atom stereocenters. The molecule has 2 aromatic carbocycles. The van der Waals surface area contributed by atoms with Crippen LogP contribution in [0.3, 0.4) is 0 Å². The Labute approximate surface area is 110 Å². The van der Waals surface area contributed by atoms with E-state index in [2.05, 4.69) is 15.2 Å². The van der Waals surface area contributed by atoms with Crippen LogP contribution in [0.1, 0.15) is 11.5 Å². The summed E-state index contributed by atoms with van der Waals surface area (Å²) in [5.41, 5.74) is 1.64. The quantitative estimate of drug-likeness (QED) is 0.803. The van der Waals surface area contributed by atoms with Gasteiger partial charge >= 0.3 is 0 Å². The second-order valence-electron chi connectivity index (χ2n) is 4.19. The monoisotopic (exact) mass is 249 g/mol. The van der Waals surface area contributed by atoms with Gasteiger partial charge in [-0.05, 0) is 17.7 Å². The van der Waals surface area contributed by atoms with Crippen LogP contribution in [0.5, 0.6) is 0 Å². The highest BCUT2D eigenvalue weighted by molar-refractivity contribution is 6.13. The highest BCUT2D eigenvalue weighted by Crippen LogP contribution is 2.27. The molecule has 0 bridgehead atoms. The van der Waals surface area contributed by atoms with Crippen LogP contribution < -0.4 is 0 Å². The van der Waals surface area contributed by atoms with Crippen molar-refractivity contribution in [2.45, 2.75) is 5.92 Å². The van der Waals surface area contributed by atoms with Crippen molar-refractivity contribution in [3.05, 3.63) is 66.2 Å². The van der Waals surface area contributed by atoms with Gasteiger partial charge < -0.3 is 0 Å². The van der Waals surface area contributed by atoms with E-state index >= 15 is 0 Å². The molecule has 1 aliphatic heterocycles. The van der Waals surface area contributed by atoms with E-state index in [1.54, 1.807) is 0 Å². The molecule has 2 aromatic rings. The van der Waals surface area contributed by atoms with E-state index in [1.165, 1.54) is 0 Å². The van der Waals surface area contributed by atoms with Gasteiger partial charge in [-0.25, -0.2) is 4.99 Å². The number of amides is 1. The topological polar surface area (TPSA) is 54.1 Å². The summed E-state index contributed by atoms with van der Waals surface area (Å²) in [7, 11) is 0. The second kappa shape index (κ2) is 4.94. The Hall–Kier alpha value is -2.62. The maximum Gasteiger partial charge on any atom is 0.279 e. The largest absolute Gasteiger partial charge is 0.279 e. The van der Waals surface area contributed by atoms with E-state index in [9.17, 15) is 4.79 Å². The second-order valence-corrected chi connectivity index (χ2v) is 4.19. The van der Waals surface area contributed by atoms with E-state index < -0.39 is 5.92 Å². The highest BCUT2D eigenvalue weighted by Gasteiger charge is 2.31. The van der Waals surface area contributed by atoms with Gasteiger partial charge in [0.25, 0.3) is 5.91 Å². The smallest absolute Gasteiger partial charge is 0.270 e. The summed E-state index contributed by atoms with van der Waals surface area (Å²) in [6.45, 7) is 0. The van der Waals surface area contributed by atoms with Gasteiger partial charge in [-0.1, -0.05) is 48.5 Å². The Morgan fingerprint density at radius 2 is 1.47 bits per heavy atom. The summed E-state index contributed by atoms with van der Waals surface area (Å²) in [6, 6.07) is 18.9. The molecule has 0 fully saturated rings. The maximum atomic E-state index is 11.8. The van der Waals surface area contributed by atoms with Gasteiger partial charge in [0, 0.05) is 0 Å². The molecule has 0 N–H and O–H groups in total. The van der Waals surface area contributed by atoms with E-state index in [0.717, 1.165) is 11.3 Å². The molecule has 4 heteroatoms. The fourth-order valence-corrected chi connectivity index (χ4v) is 1.99. The number of hydrogen-bond donors (Lipinski definition) is 0. The molecule has 0 saturated carbocycles. The zero-order valence-corrected chi connectivity index (χ0v) is 10.1. The third kappa shape index (κ3) is 2.33. The number of carbonyl (C=O) groups excluding carboxylic acids is 1. The van der Waals surface area contributed by atoms with Crippen molar-refractivity contribution in [1.82, 2.24) is 0 Å². The lowest BCUT2D eigenvalue weighted by Crippen LogP contribution is -2.12.